The van der Waals surface area contributed by atoms with Gasteiger partial charge >= 0.3 is 0 Å². The molecule has 2 N–H and O–H groups in total. The van der Waals surface area contributed by atoms with E-state index in [2.05, 4.69) is 26.1 Å². The van der Waals surface area contributed by atoms with Crippen LogP contribution in [0.4, 0.5) is 0 Å². The molecule has 0 aromatic rings. The zero-order valence-electron chi connectivity index (χ0n) is 12.7. The first-order valence-electron chi connectivity index (χ1n) is 7.78. The van der Waals surface area contributed by atoms with Crippen molar-refractivity contribution in [3.63, 3.8) is 0 Å². The summed E-state index contributed by atoms with van der Waals surface area (Å²) < 4.78 is 11.0. The number of hydrogen-bond acceptors (Lipinski definition) is 4. The number of aliphatic hydroxyl groups excluding tert-OH is 1. The highest BCUT2D eigenvalue weighted by molar-refractivity contribution is 4.72. The summed E-state index contributed by atoms with van der Waals surface area (Å²) in [6.45, 7) is 9.08. The van der Waals surface area contributed by atoms with Gasteiger partial charge in [0.1, 0.15) is 0 Å². The molecule has 1 saturated heterocycles. The van der Waals surface area contributed by atoms with Crippen LogP contribution in [0.1, 0.15) is 46.5 Å². The van der Waals surface area contributed by atoms with Gasteiger partial charge in [-0.25, -0.2) is 0 Å². The van der Waals surface area contributed by atoms with E-state index in [1.54, 1.807) is 0 Å². The van der Waals surface area contributed by atoms with Crippen molar-refractivity contribution >= 4 is 0 Å². The molecule has 3 unspecified atom stereocenters. The highest BCUT2D eigenvalue weighted by atomic mass is 16.5. The van der Waals surface area contributed by atoms with Crippen LogP contribution in [0.15, 0.2) is 0 Å². The molecule has 0 aliphatic carbocycles. The van der Waals surface area contributed by atoms with E-state index in [1.807, 2.05) is 0 Å². The molecule has 4 heteroatoms. The molecular weight excluding hydrogens is 242 g/mol. The maximum absolute atomic E-state index is 9.87. The van der Waals surface area contributed by atoms with Gasteiger partial charge in [-0.05, 0) is 25.7 Å². The average Bonchev–Trinajstić information content (AvgIpc) is 2.91. The van der Waals surface area contributed by atoms with Crippen LogP contribution in [0.2, 0.25) is 0 Å². The molecule has 19 heavy (non-hydrogen) atoms. The molecule has 1 fully saturated rings. The standard InChI is InChI=1S/C15H31NO3/c1-4-13(5-2)12(3)16-9-14(17)10-18-11-15-7-6-8-19-15/h12-17H,4-11H2,1-3H3. The lowest BCUT2D eigenvalue weighted by atomic mass is 9.95. The van der Waals surface area contributed by atoms with Crippen LogP contribution in [0.25, 0.3) is 0 Å². The number of aliphatic hydroxyl groups is 1. The van der Waals surface area contributed by atoms with Crippen LogP contribution < -0.4 is 5.32 Å². The molecular formula is C15H31NO3. The minimum Gasteiger partial charge on any atom is -0.389 e. The normalized spacial score (nSPS) is 22.9. The van der Waals surface area contributed by atoms with E-state index in [0.29, 0.717) is 31.7 Å². The summed E-state index contributed by atoms with van der Waals surface area (Å²) in [7, 11) is 0. The first-order chi connectivity index (χ1) is 9.17. The average molecular weight is 273 g/mol. The lowest BCUT2D eigenvalue weighted by molar-refractivity contribution is -0.0172. The van der Waals surface area contributed by atoms with E-state index in [1.165, 1.54) is 12.8 Å². The van der Waals surface area contributed by atoms with E-state index in [9.17, 15) is 5.11 Å². The van der Waals surface area contributed by atoms with Crippen LogP contribution in [0, 0.1) is 5.92 Å². The first-order valence-corrected chi connectivity index (χ1v) is 7.78. The predicted molar refractivity (Wildman–Crippen MR) is 77.3 cm³/mol. The van der Waals surface area contributed by atoms with Crippen molar-refractivity contribution in [1.29, 1.82) is 0 Å². The Bertz CT molecular complexity index is 215. The second kappa shape index (κ2) is 9.70. The quantitative estimate of drug-likeness (QED) is 0.639. The SMILES string of the molecule is CCC(CC)C(C)NCC(O)COCC1CCCO1. The van der Waals surface area contributed by atoms with Crippen molar-refractivity contribution in [1.82, 2.24) is 5.32 Å². The van der Waals surface area contributed by atoms with Crippen molar-refractivity contribution in [2.45, 2.75) is 64.7 Å². The zero-order valence-corrected chi connectivity index (χ0v) is 12.7. The molecule has 0 saturated carbocycles. The van der Waals surface area contributed by atoms with E-state index in [4.69, 9.17) is 9.47 Å². The van der Waals surface area contributed by atoms with Gasteiger partial charge in [0.15, 0.2) is 0 Å². The second-order valence-corrected chi connectivity index (χ2v) is 5.60. The topological polar surface area (TPSA) is 50.7 Å². The summed E-state index contributed by atoms with van der Waals surface area (Å²) in [4.78, 5) is 0. The minimum absolute atomic E-state index is 0.239. The van der Waals surface area contributed by atoms with Crippen LogP contribution in [-0.2, 0) is 9.47 Å². The van der Waals surface area contributed by atoms with Gasteiger partial charge in [0, 0.05) is 19.2 Å². The van der Waals surface area contributed by atoms with Crippen molar-refractivity contribution in [3.05, 3.63) is 0 Å². The summed E-state index contributed by atoms with van der Waals surface area (Å²) in [6.07, 6.45) is 4.37. The third kappa shape index (κ3) is 6.70. The zero-order chi connectivity index (χ0) is 14.1. The molecule has 1 rings (SSSR count). The second-order valence-electron chi connectivity index (χ2n) is 5.60. The van der Waals surface area contributed by atoms with Gasteiger partial charge in [-0.1, -0.05) is 26.7 Å². The smallest absolute Gasteiger partial charge is 0.0897 e. The van der Waals surface area contributed by atoms with Gasteiger partial charge in [-0.15, -0.1) is 0 Å². The molecule has 114 valence electrons. The van der Waals surface area contributed by atoms with Crippen molar-refractivity contribution in [3.8, 4) is 0 Å². The summed E-state index contributed by atoms with van der Waals surface area (Å²) in [5.74, 6) is 0.681. The van der Waals surface area contributed by atoms with Gasteiger partial charge < -0.3 is 19.9 Å². The third-order valence-corrected chi connectivity index (χ3v) is 4.07. The number of ether oxygens (including phenoxy) is 2. The Kier molecular flexibility index (Phi) is 8.62. The van der Waals surface area contributed by atoms with Crippen LogP contribution in [0.5, 0.6) is 0 Å². The van der Waals surface area contributed by atoms with Crippen LogP contribution in [0.3, 0.4) is 0 Å². The van der Waals surface area contributed by atoms with Crippen molar-refractivity contribution < 1.29 is 14.6 Å². The number of nitrogens with one attached hydrogen (secondary N) is 1. The largest absolute Gasteiger partial charge is 0.389 e. The molecule has 1 aliphatic rings. The van der Waals surface area contributed by atoms with E-state index < -0.39 is 6.10 Å². The summed E-state index contributed by atoms with van der Waals surface area (Å²) in [5.41, 5.74) is 0. The summed E-state index contributed by atoms with van der Waals surface area (Å²) in [6, 6.07) is 0.447. The lowest BCUT2D eigenvalue weighted by Crippen LogP contribution is -2.40. The Hall–Kier alpha value is -0.160. The van der Waals surface area contributed by atoms with E-state index in [0.717, 1.165) is 19.4 Å². The molecule has 4 nitrogen and oxygen atoms in total. The fourth-order valence-corrected chi connectivity index (χ4v) is 2.65. The van der Waals surface area contributed by atoms with Crippen molar-refractivity contribution in [2.24, 2.45) is 5.92 Å². The first kappa shape index (κ1) is 16.9. The highest BCUT2D eigenvalue weighted by Gasteiger charge is 2.17. The summed E-state index contributed by atoms with van der Waals surface area (Å²) in [5, 5.41) is 13.3. The monoisotopic (exact) mass is 273 g/mol. The Morgan fingerprint density at radius 3 is 2.68 bits per heavy atom. The molecule has 3 atom stereocenters. The van der Waals surface area contributed by atoms with Gasteiger partial charge in [-0.3, -0.25) is 0 Å². The third-order valence-electron chi connectivity index (χ3n) is 4.07. The lowest BCUT2D eigenvalue weighted by Gasteiger charge is -2.24. The molecule has 0 aromatic heterocycles. The molecule has 0 bridgehead atoms. The fourth-order valence-electron chi connectivity index (χ4n) is 2.65. The van der Waals surface area contributed by atoms with E-state index in [-0.39, 0.29) is 6.10 Å². The van der Waals surface area contributed by atoms with Gasteiger partial charge in [0.25, 0.3) is 0 Å². The Labute approximate surface area is 117 Å². The minimum atomic E-state index is -0.432. The number of hydrogen-bond donors (Lipinski definition) is 2. The van der Waals surface area contributed by atoms with Crippen LogP contribution >= 0.6 is 0 Å². The Morgan fingerprint density at radius 2 is 2.11 bits per heavy atom. The van der Waals surface area contributed by atoms with Gasteiger partial charge in [0.2, 0.25) is 0 Å². The number of rotatable bonds is 10. The predicted octanol–water partition coefficient (Wildman–Crippen LogP) is 1.96. The fraction of sp³-hybridized carbons (Fsp3) is 1.00. The Morgan fingerprint density at radius 1 is 1.37 bits per heavy atom. The van der Waals surface area contributed by atoms with Crippen molar-refractivity contribution in [2.75, 3.05) is 26.4 Å². The molecule has 0 amide bonds. The Balaban J connectivity index is 2.04. The maximum Gasteiger partial charge on any atom is 0.0897 e. The van der Waals surface area contributed by atoms with Gasteiger partial charge in [-0.2, -0.15) is 0 Å². The maximum atomic E-state index is 9.87. The molecule has 0 radical (unpaired) electrons. The van der Waals surface area contributed by atoms with Gasteiger partial charge in [0.05, 0.1) is 25.4 Å². The van der Waals surface area contributed by atoms with Crippen LogP contribution in [-0.4, -0.2) is 49.7 Å². The molecule has 0 spiro atoms. The van der Waals surface area contributed by atoms with E-state index >= 15 is 0 Å². The molecule has 1 aliphatic heterocycles. The summed E-state index contributed by atoms with van der Waals surface area (Å²) >= 11 is 0. The highest BCUT2D eigenvalue weighted by Crippen LogP contribution is 2.13. The molecule has 0 aromatic carbocycles. The molecule has 1 heterocycles.